The highest BCUT2D eigenvalue weighted by atomic mass is 16.5. The second-order valence-corrected chi connectivity index (χ2v) is 9.51. The highest BCUT2D eigenvalue weighted by Gasteiger charge is 2.27. The monoisotopic (exact) mass is 472 g/mol. The van der Waals surface area contributed by atoms with Crippen molar-refractivity contribution in [2.75, 3.05) is 44.9 Å². The van der Waals surface area contributed by atoms with Gasteiger partial charge in [-0.3, -0.25) is 4.90 Å². The van der Waals surface area contributed by atoms with Crippen LogP contribution in [-0.4, -0.2) is 50.9 Å². The van der Waals surface area contributed by atoms with E-state index in [1.54, 1.807) is 7.11 Å². The van der Waals surface area contributed by atoms with E-state index in [0.29, 0.717) is 6.61 Å². The smallest absolute Gasteiger partial charge is 0.142 e. The van der Waals surface area contributed by atoms with E-state index < -0.39 is 0 Å². The maximum absolute atomic E-state index is 6.14. The Kier molecular flexibility index (Phi) is 7.74. The van der Waals surface area contributed by atoms with Gasteiger partial charge in [-0.2, -0.15) is 0 Å². The number of para-hydroxylation sites is 2. The third-order valence-electron chi connectivity index (χ3n) is 7.08. The lowest BCUT2D eigenvalue weighted by atomic mass is 10.0. The van der Waals surface area contributed by atoms with Gasteiger partial charge in [0, 0.05) is 13.1 Å². The number of benzene rings is 3. The van der Waals surface area contributed by atoms with Crippen molar-refractivity contribution in [3.05, 3.63) is 83.9 Å². The minimum Gasteiger partial charge on any atom is -0.497 e. The first-order valence-electron chi connectivity index (χ1n) is 12.8. The van der Waals surface area contributed by atoms with Crippen molar-refractivity contribution < 1.29 is 14.2 Å². The number of rotatable bonds is 9. The Morgan fingerprint density at radius 3 is 2.31 bits per heavy atom. The van der Waals surface area contributed by atoms with Gasteiger partial charge in [-0.05, 0) is 79.9 Å². The summed E-state index contributed by atoms with van der Waals surface area (Å²) < 4.78 is 17.5. The van der Waals surface area contributed by atoms with Crippen molar-refractivity contribution in [2.45, 2.75) is 38.3 Å². The lowest BCUT2D eigenvalue weighted by molar-refractivity contribution is 0.183. The van der Waals surface area contributed by atoms with E-state index in [9.17, 15) is 0 Å². The number of hydrogen-bond acceptors (Lipinski definition) is 5. The van der Waals surface area contributed by atoms with Crippen LogP contribution in [-0.2, 0) is 13.0 Å². The van der Waals surface area contributed by atoms with Gasteiger partial charge in [0.15, 0.2) is 0 Å². The van der Waals surface area contributed by atoms with Crippen LogP contribution in [0.5, 0.6) is 17.2 Å². The Bertz CT molecular complexity index is 1060. The summed E-state index contributed by atoms with van der Waals surface area (Å²) in [7, 11) is 1.70. The molecule has 184 valence electrons. The standard InChI is InChI=1S/C30H36N2O3/c1-33-27-13-9-24(10-14-27)21-26-23-35-30-8-4-3-7-29(30)32(26)22-25-11-15-28(16-12-25)34-20-19-31-17-5-2-6-18-31/h3-4,7-16,26H,2,5-6,17-23H2,1H3/t26-/m1/s1. The summed E-state index contributed by atoms with van der Waals surface area (Å²) in [6.45, 7) is 5.68. The number of methoxy groups -OCH3 is 1. The summed E-state index contributed by atoms with van der Waals surface area (Å²) >= 11 is 0. The zero-order valence-electron chi connectivity index (χ0n) is 20.7. The Hall–Kier alpha value is -3.18. The summed E-state index contributed by atoms with van der Waals surface area (Å²) in [5.74, 6) is 2.79. The molecule has 5 rings (SSSR count). The van der Waals surface area contributed by atoms with Gasteiger partial charge in [-0.25, -0.2) is 0 Å². The van der Waals surface area contributed by atoms with Crippen LogP contribution < -0.4 is 19.1 Å². The number of hydrogen-bond donors (Lipinski definition) is 0. The highest BCUT2D eigenvalue weighted by Crippen LogP contribution is 2.36. The van der Waals surface area contributed by atoms with Crippen LogP contribution in [0.3, 0.4) is 0 Å². The van der Waals surface area contributed by atoms with E-state index in [-0.39, 0.29) is 6.04 Å². The van der Waals surface area contributed by atoms with Gasteiger partial charge in [-0.1, -0.05) is 42.8 Å². The predicted octanol–water partition coefficient (Wildman–Crippen LogP) is 5.57. The van der Waals surface area contributed by atoms with Gasteiger partial charge in [-0.15, -0.1) is 0 Å². The molecular formula is C30H36N2O3. The molecule has 5 nitrogen and oxygen atoms in total. The summed E-state index contributed by atoms with van der Waals surface area (Å²) in [6.07, 6.45) is 4.92. The number of likely N-dealkylation sites (tertiary alicyclic amines) is 1. The topological polar surface area (TPSA) is 34.2 Å². The first kappa shape index (κ1) is 23.6. The van der Waals surface area contributed by atoms with Crippen LogP contribution >= 0.6 is 0 Å². The second kappa shape index (κ2) is 11.5. The quantitative estimate of drug-likeness (QED) is 0.407. The van der Waals surface area contributed by atoms with E-state index in [2.05, 4.69) is 64.4 Å². The molecule has 0 N–H and O–H groups in total. The lowest BCUT2D eigenvalue weighted by Crippen LogP contribution is -2.44. The van der Waals surface area contributed by atoms with E-state index in [1.807, 2.05) is 18.2 Å². The molecule has 3 aromatic rings. The third kappa shape index (κ3) is 6.09. The van der Waals surface area contributed by atoms with Crippen molar-refractivity contribution in [2.24, 2.45) is 0 Å². The SMILES string of the molecule is COc1ccc(C[C@@H]2COc3ccccc3N2Cc2ccc(OCCN3CCCCC3)cc2)cc1. The molecule has 0 saturated carbocycles. The van der Waals surface area contributed by atoms with Crippen molar-refractivity contribution in [1.29, 1.82) is 0 Å². The third-order valence-corrected chi connectivity index (χ3v) is 7.08. The molecule has 0 spiro atoms. The molecule has 1 saturated heterocycles. The molecule has 35 heavy (non-hydrogen) atoms. The largest absolute Gasteiger partial charge is 0.497 e. The average Bonchev–Trinajstić information content (AvgIpc) is 2.92. The molecule has 2 aliphatic rings. The van der Waals surface area contributed by atoms with E-state index >= 15 is 0 Å². The fourth-order valence-electron chi connectivity index (χ4n) is 5.07. The van der Waals surface area contributed by atoms with Gasteiger partial charge >= 0.3 is 0 Å². The molecule has 2 aliphatic heterocycles. The molecule has 0 radical (unpaired) electrons. The summed E-state index contributed by atoms with van der Waals surface area (Å²) in [5.41, 5.74) is 3.70. The number of anilines is 1. The molecular weight excluding hydrogens is 436 g/mol. The van der Waals surface area contributed by atoms with Crippen molar-refractivity contribution >= 4 is 5.69 Å². The Morgan fingerprint density at radius 2 is 1.54 bits per heavy atom. The molecule has 5 heteroatoms. The zero-order chi connectivity index (χ0) is 23.9. The van der Waals surface area contributed by atoms with Crippen LogP contribution in [0.25, 0.3) is 0 Å². The number of nitrogens with zero attached hydrogens (tertiary/aromatic N) is 2. The average molecular weight is 473 g/mol. The number of fused-ring (bicyclic) bond motifs is 1. The van der Waals surface area contributed by atoms with Crippen LogP contribution in [0, 0.1) is 0 Å². The van der Waals surface area contributed by atoms with Gasteiger partial charge in [0.25, 0.3) is 0 Å². The van der Waals surface area contributed by atoms with Crippen LogP contribution in [0.1, 0.15) is 30.4 Å². The minimum atomic E-state index is 0.249. The molecule has 3 aromatic carbocycles. The summed E-state index contributed by atoms with van der Waals surface area (Å²) in [6, 6.07) is 25.5. The Balaban J connectivity index is 1.24. The van der Waals surface area contributed by atoms with Crippen molar-refractivity contribution in [3.63, 3.8) is 0 Å². The number of ether oxygens (including phenoxy) is 3. The fourth-order valence-corrected chi connectivity index (χ4v) is 5.07. The zero-order valence-corrected chi connectivity index (χ0v) is 20.7. The molecule has 0 aromatic heterocycles. The highest BCUT2D eigenvalue weighted by molar-refractivity contribution is 5.61. The van der Waals surface area contributed by atoms with Crippen LogP contribution in [0.15, 0.2) is 72.8 Å². The maximum Gasteiger partial charge on any atom is 0.142 e. The maximum atomic E-state index is 6.14. The van der Waals surface area contributed by atoms with Crippen molar-refractivity contribution in [1.82, 2.24) is 4.90 Å². The molecule has 0 amide bonds. The molecule has 0 bridgehead atoms. The van der Waals surface area contributed by atoms with Crippen molar-refractivity contribution in [3.8, 4) is 17.2 Å². The van der Waals surface area contributed by atoms with Gasteiger partial charge in [0.05, 0.1) is 18.8 Å². The van der Waals surface area contributed by atoms with E-state index in [4.69, 9.17) is 14.2 Å². The molecule has 1 fully saturated rings. The Morgan fingerprint density at radius 1 is 0.829 bits per heavy atom. The lowest BCUT2D eigenvalue weighted by Gasteiger charge is -2.39. The van der Waals surface area contributed by atoms with Gasteiger partial charge in [0.1, 0.15) is 30.5 Å². The van der Waals surface area contributed by atoms with Gasteiger partial charge < -0.3 is 19.1 Å². The first-order chi connectivity index (χ1) is 17.3. The number of piperidine rings is 1. The van der Waals surface area contributed by atoms with E-state index in [1.165, 1.54) is 43.5 Å². The Labute approximate surface area is 209 Å². The van der Waals surface area contributed by atoms with Crippen LogP contribution in [0.2, 0.25) is 0 Å². The normalized spacial score (nSPS) is 18.0. The molecule has 1 atom stereocenters. The second-order valence-electron chi connectivity index (χ2n) is 9.51. The predicted molar refractivity (Wildman–Crippen MR) is 141 cm³/mol. The minimum absolute atomic E-state index is 0.249. The molecule has 0 aliphatic carbocycles. The summed E-state index contributed by atoms with van der Waals surface area (Å²) in [4.78, 5) is 4.99. The molecule has 2 heterocycles. The first-order valence-corrected chi connectivity index (χ1v) is 12.8. The van der Waals surface area contributed by atoms with Crippen LogP contribution in [0.4, 0.5) is 5.69 Å². The fraction of sp³-hybridized carbons (Fsp3) is 0.400. The molecule has 0 unspecified atom stereocenters. The van der Waals surface area contributed by atoms with E-state index in [0.717, 1.165) is 49.1 Å². The van der Waals surface area contributed by atoms with Gasteiger partial charge in [0.2, 0.25) is 0 Å². The summed E-state index contributed by atoms with van der Waals surface area (Å²) in [5, 5.41) is 0.